The summed E-state index contributed by atoms with van der Waals surface area (Å²) in [7, 11) is 0. The molecule has 3 aromatic rings. The summed E-state index contributed by atoms with van der Waals surface area (Å²) < 4.78 is 21.2. The molecule has 102 valence electrons. The highest BCUT2D eigenvalue weighted by molar-refractivity contribution is 7.71. The van der Waals surface area contributed by atoms with Crippen LogP contribution in [0.25, 0.3) is 16.7 Å². The minimum Gasteiger partial charge on any atom is -0.494 e. The molecule has 2 aromatic carbocycles. The first-order valence-electron chi connectivity index (χ1n) is 6.32. The van der Waals surface area contributed by atoms with Gasteiger partial charge >= 0.3 is 0 Å². The number of ether oxygens (including phenoxy) is 1. The van der Waals surface area contributed by atoms with E-state index < -0.39 is 0 Å². The maximum atomic E-state index is 13.4. The van der Waals surface area contributed by atoms with Gasteiger partial charge in [-0.2, -0.15) is 0 Å². The second kappa shape index (κ2) is 5.09. The number of fused-ring (bicyclic) bond motifs is 1. The molecule has 0 radical (unpaired) electrons. The summed E-state index contributed by atoms with van der Waals surface area (Å²) >= 11 is 5.32. The van der Waals surface area contributed by atoms with Gasteiger partial charge in [0.05, 0.1) is 17.6 Å². The van der Waals surface area contributed by atoms with Crippen molar-refractivity contribution in [3.63, 3.8) is 0 Å². The van der Waals surface area contributed by atoms with Gasteiger partial charge in [-0.05, 0) is 55.5 Å². The van der Waals surface area contributed by atoms with Crippen molar-refractivity contribution < 1.29 is 9.13 Å². The van der Waals surface area contributed by atoms with Crippen molar-refractivity contribution in [1.82, 2.24) is 9.55 Å². The smallest absolute Gasteiger partial charge is 0.182 e. The van der Waals surface area contributed by atoms with Gasteiger partial charge in [-0.15, -0.1) is 0 Å². The van der Waals surface area contributed by atoms with E-state index in [0.29, 0.717) is 11.4 Å². The van der Waals surface area contributed by atoms with E-state index in [2.05, 4.69) is 4.98 Å². The third-order valence-electron chi connectivity index (χ3n) is 3.05. The van der Waals surface area contributed by atoms with Crippen LogP contribution in [0.3, 0.4) is 0 Å². The fourth-order valence-corrected chi connectivity index (χ4v) is 2.50. The molecular weight excluding hydrogens is 275 g/mol. The molecular formula is C15H13FN2OS. The monoisotopic (exact) mass is 288 g/mol. The van der Waals surface area contributed by atoms with Crippen LogP contribution in [0.4, 0.5) is 4.39 Å². The highest BCUT2D eigenvalue weighted by Crippen LogP contribution is 2.22. The molecule has 0 aliphatic carbocycles. The molecule has 0 aliphatic rings. The minimum absolute atomic E-state index is 0.286. The Labute approximate surface area is 120 Å². The zero-order valence-corrected chi connectivity index (χ0v) is 11.7. The van der Waals surface area contributed by atoms with E-state index in [1.54, 1.807) is 6.07 Å². The molecule has 0 fully saturated rings. The van der Waals surface area contributed by atoms with Gasteiger partial charge in [-0.3, -0.25) is 4.57 Å². The fraction of sp³-hybridized carbons (Fsp3) is 0.133. The number of aromatic nitrogens is 2. The minimum atomic E-state index is -0.286. The second-order valence-corrected chi connectivity index (χ2v) is 4.74. The summed E-state index contributed by atoms with van der Waals surface area (Å²) in [5.74, 6) is 0.514. The number of hydrogen-bond donors (Lipinski definition) is 1. The first kappa shape index (κ1) is 12.9. The molecule has 0 aliphatic heterocycles. The van der Waals surface area contributed by atoms with Gasteiger partial charge in [0.2, 0.25) is 0 Å². The SMILES string of the molecule is CCOc1ccc(-n2c(=S)[nH]c3ccc(F)cc32)cc1. The lowest BCUT2D eigenvalue weighted by Gasteiger charge is -2.07. The fourth-order valence-electron chi connectivity index (χ4n) is 2.19. The quantitative estimate of drug-likeness (QED) is 0.731. The summed E-state index contributed by atoms with van der Waals surface area (Å²) in [6, 6.07) is 12.1. The second-order valence-electron chi connectivity index (χ2n) is 4.35. The van der Waals surface area contributed by atoms with Crippen LogP contribution >= 0.6 is 12.2 Å². The predicted octanol–water partition coefficient (Wildman–Crippen LogP) is 4.23. The van der Waals surface area contributed by atoms with Gasteiger partial charge in [0.15, 0.2) is 4.77 Å². The number of aromatic amines is 1. The highest BCUT2D eigenvalue weighted by atomic mass is 32.1. The van der Waals surface area contributed by atoms with Crippen molar-refractivity contribution in [3.05, 3.63) is 53.1 Å². The Morgan fingerprint density at radius 1 is 1.20 bits per heavy atom. The number of hydrogen-bond acceptors (Lipinski definition) is 2. The van der Waals surface area contributed by atoms with Crippen molar-refractivity contribution in [2.75, 3.05) is 6.61 Å². The van der Waals surface area contributed by atoms with Crippen LogP contribution in [0, 0.1) is 10.6 Å². The maximum absolute atomic E-state index is 13.4. The third kappa shape index (κ3) is 2.20. The highest BCUT2D eigenvalue weighted by Gasteiger charge is 2.07. The number of nitrogens with one attached hydrogen (secondary N) is 1. The lowest BCUT2D eigenvalue weighted by Crippen LogP contribution is -1.95. The van der Waals surface area contributed by atoms with Crippen molar-refractivity contribution in [1.29, 1.82) is 0 Å². The molecule has 0 bridgehead atoms. The number of halogens is 1. The Kier molecular flexibility index (Phi) is 3.28. The van der Waals surface area contributed by atoms with Crippen LogP contribution < -0.4 is 4.74 Å². The van der Waals surface area contributed by atoms with Crippen molar-refractivity contribution in [3.8, 4) is 11.4 Å². The standard InChI is InChI=1S/C15H13FN2OS/c1-2-19-12-6-4-11(5-7-12)18-14-9-10(16)3-8-13(14)17-15(18)20/h3-9H,2H2,1H3,(H,17,20). The third-order valence-corrected chi connectivity index (χ3v) is 3.34. The molecule has 1 aromatic heterocycles. The van der Waals surface area contributed by atoms with Crippen LogP contribution in [-0.4, -0.2) is 16.2 Å². The van der Waals surface area contributed by atoms with Gasteiger partial charge in [-0.1, -0.05) is 0 Å². The molecule has 0 amide bonds. The molecule has 0 saturated heterocycles. The molecule has 5 heteroatoms. The molecule has 20 heavy (non-hydrogen) atoms. The number of nitrogens with zero attached hydrogens (tertiary/aromatic N) is 1. The van der Waals surface area contributed by atoms with Crippen LogP contribution in [-0.2, 0) is 0 Å². The zero-order valence-electron chi connectivity index (χ0n) is 10.9. The summed E-state index contributed by atoms with van der Waals surface area (Å²) in [5.41, 5.74) is 2.40. The van der Waals surface area contributed by atoms with Crippen molar-refractivity contribution >= 4 is 23.3 Å². The van der Waals surface area contributed by atoms with Gasteiger partial charge < -0.3 is 9.72 Å². The van der Waals surface area contributed by atoms with Crippen LogP contribution in [0.5, 0.6) is 5.75 Å². The van der Waals surface area contributed by atoms with E-state index >= 15 is 0 Å². The van der Waals surface area contributed by atoms with Gasteiger partial charge in [0, 0.05) is 11.8 Å². The van der Waals surface area contributed by atoms with Gasteiger partial charge in [0.25, 0.3) is 0 Å². The van der Waals surface area contributed by atoms with E-state index in [1.165, 1.54) is 12.1 Å². The zero-order chi connectivity index (χ0) is 14.1. The van der Waals surface area contributed by atoms with Crippen LogP contribution in [0.2, 0.25) is 0 Å². The number of H-pyrrole nitrogens is 1. The molecule has 3 nitrogen and oxygen atoms in total. The Bertz CT molecular complexity index is 805. The van der Waals surface area contributed by atoms with Crippen molar-refractivity contribution in [2.24, 2.45) is 0 Å². The van der Waals surface area contributed by atoms with E-state index in [9.17, 15) is 4.39 Å². The number of benzene rings is 2. The average Bonchev–Trinajstić information content (AvgIpc) is 2.76. The summed E-state index contributed by atoms with van der Waals surface area (Å²) in [6.45, 7) is 2.56. The Balaban J connectivity index is 2.15. The van der Waals surface area contributed by atoms with E-state index in [-0.39, 0.29) is 5.82 Å². The molecule has 0 atom stereocenters. The molecule has 0 saturated carbocycles. The van der Waals surface area contributed by atoms with E-state index in [0.717, 1.165) is 22.5 Å². The molecule has 0 unspecified atom stereocenters. The summed E-state index contributed by atoms with van der Waals surface area (Å²) in [4.78, 5) is 3.07. The average molecular weight is 288 g/mol. The summed E-state index contributed by atoms with van der Waals surface area (Å²) in [6.07, 6.45) is 0. The van der Waals surface area contributed by atoms with Gasteiger partial charge in [-0.25, -0.2) is 4.39 Å². The largest absolute Gasteiger partial charge is 0.494 e. The van der Waals surface area contributed by atoms with Crippen LogP contribution in [0.1, 0.15) is 6.92 Å². The lowest BCUT2D eigenvalue weighted by molar-refractivity contribution is 0.340. The van der Waals surface area contributed by atoms with Crippen molar-refractivity contribution in [2.45, 2.75) is 6.92 Å². The first-order valence-corrected chi connectivity index (χ1v) is 6.73. The first-order chi connectivity index (χ1) is 9.69. The van der Waals surface area contributed by atoms with Gasteiger partial charge in [0.1, 0.15) is 11.6 Å². The predicted molar refractivity (Wildman–Crippen MR) is 79.6 cm³/mol. The Hall–Kier alpha value is -2.14. The van der Waals surface area contributed by atoms with Crippen LogP contribution in [0.15, 0.2) is 42.5 Å². The number of imidazole rings is 1. The Morgan fingerprint density at radius 3 is 2.65 bits per heavy atom. The lowest BCUT2D eigenvalue weighted by atomic mass is 10.2. The molecule has 1 heterocycles. The summed E-state index contributed by atoms with van der Waals surface area (Å²) in [5, 5.41) is 0. The number of rotatable bonds is 3. The molecule has 3 rings (SSSR count). The maximum Gasteiger partial charge on any atom is 0.182 e. The molecule has 0 spiro atoms. The molecule has 1 N–H and O–H groups in total. The van der Waals surface area contributed by atoms with E-state index in [4.69, 9.17) is 17.0 Å². The van der Waals surface area contributed by atoms with E-state index in [1.807, 2.05) is 35.8 Å². The normalized spacial score (nSPS) is 10.9. The topological polar surface area (TPSA) is 29.9 Å². The Morgan fingerprint density at radius 2 is 1.95 bits per heavy atom.